The molecular weight excluding hydrogens is 362 g/mol. The van der Waals surface area contributed by atoms with Crippen molar-refractivity contribution in [1.82, 2.24) is 10.2 Å². The fourth-order valence-corrected chi connectivity index (χ4v) is 4.40. The van der Waals surface area contributed by atoms with Crippen LogP contribution in [0.1, 0.15) is 43.5 Å². The minimum atomic E-state index is -3.45. The summed E-state index contributed by atoms with van der Waals surface area (Å²) in [6.07, 6.45) is 2.21. The zero-order valence-corrected chi connectivity index (χ0v) is 15.8. The molecule has 1 aromatic carbocycles. The molecule has 1 amide bonds. The van der Waals surface area contributed by atoms with E-state index < -0.39 is 15.7 Å². The minimum absolute atomic E-state index is 0.0306. The summed E-state index contributed by atoms with van der Waals surface area (Å²) in [5.74, 6) is 0.244. The summed E-state index contributed by atoms with van der Waals surface area (Å²) >= 11 is 0.858. The van der Waals surface area contributed by atoms with Crippen molar-refractivity contribution in [3.63, 3.8) is 0 Å². The second-order valence-corrected chi connectivity index (χ2v) is 8.64. The topological polar surface area (TPSA) is 98.3 Å². The van der Waals surface area contributed by atoms with Crippen LogP contribution in [0.25, 0.3) is 0 Å². The van der Waals surface area contributed by atoms with E-state index in [4.69, 9.17) is 4.74 Å². The van der Waals surface area contributed by atoms with Gasteiger partial charge in [-0.25, -0.2) is 8.42 Å². The first-order valence-electron chi connectivity index (χ1n) is 8.06. The number of nitrogens with zero attached hydrogens (tertiary/aromatic N) is 2. The highest BCUT2D eigenvalue weighted by molar-refractivity contribution is 7.93. The molecule has 0 radical (unpaired) electrons. The Morgan fingerprint density at radius 2 is 2.04 bits per heavy atom. The summed E-state index contributed by atoms with van der Waals surface area (Å²) in [6, 6.07) is 6.77. The van der Waals surface area contributed by atoms with Gasteiger partial charge in [0.2, 0.25) is 19.3 Å². The third-order valence-electron chi connectivity index (χ3n) is 3.23. The van der Waals surface area contributed by atoms with Gasteiger partial charge < -0.3 is 4.74 Å². The Kier molecular flexibility index (Phi) is 6.89. The number of carbonyl (C=O) groups excluding carboxylic acids is 1. The molecule has 7 nitrogen and oxygen atoms in total. The molecule has 0 aliphatic rings. The molecule has 0 bridgehead atoms. The van der Waals surface area contributed by atoms with Gasteiger partial charge in [-0.1, -0.05) is 37.7 Å². The van der Waals surface area contributed by atoms with Gasteiger partial charge >= 0.3 is 0 Å². The molecule has 1 N–H and O–H groups in total. The Morgan fingerprint density at radius 3 is 2.76 bits per heavy atom. The average molecular weight is 383 g/mol. The van der Waals surface area contributed by atoms with Crippen LogP contribution in [0.3, 0.4) is 0 Å². The Morgan fingerprint density at radius 1 is 1.24 bits per heavy atom. The molecule has 0 saturated carbocycles. The quantitative estimate of drug-likeness (QED) is 0.668. The van der Waals surface area contributed by atoms with Gasteiger partial charge in [0, 0.05) is 5.56 Å². The number of hydrogen-bond acceptors (Lipinski definition) is 7. The number of aromatic nitrogens is 2. The Bertz CT molecular complexity index is 818. The van der Waals surface area contributed by atoms with Crippen LogP contribution in [-0.4, -0.2) is 36.9 Å². The van der Waals surface area contributed by atoms with E-state index in [0.29, 0.717) is 24.3 Å². The summed E-state index contributed by atoms with van der Waals surface area (Å²) < 4.78 is 29.6. The monoisotopic (exact) mass is 383 g/mol. The van der Waals surface area contributed by atoms with Crippen LogP contribution < -0.4 is 10.1 Å². The molecule has 0 atom stereocenters. The number of unbranched alkanes of at least 4 members (excludes halogenated alkanes) is 1. The van der Waals surface area contributed by atoms with Gasteiger partial charge in [-0.05, 0) is 31.0 Å². The van der Waals surface area contributed by atoms with E-state index in [0.717, 1.165) is 24.2 Å². The smallest absolute Gasteiger partial charge is 0.257 e. The SMILES string of the molecule is CCCCS(=O)(=O)c1nnc(NC(=O)c2cccc(OCCC)c2)s1. The highest BCUT2D eigenvalue weighted by atomic mass is 32.2. The lowest BCUT2D eigenvalue weighted by atomic mass is 10.2. The molecule has 1 heterocycles. The fraction of sp³-hybridized carbons (Fsp3) is 0.438. The lowest BCUT2D eigenvalue weighted by Gasteiger charge is -2.06. The van der Waals surface area contributed by atoms with E-state index in [1.54, 1.807) is 24.3 Å². The van der Waals surface area contributed by atoms with E-state index >= 15 is 0 Å². The summed E-state index contributed by atoms with van der Waals surface area (Å²) in [6.45, 7) is 4.48. The normalized spacial score (nSPS) is 11.3. The van der Waals surface area contributed by atoms with Crippen molar-refractivity contribution in [3.05, 3.63) is 29.8 Å². The predicted octanol–water partition coefficient (Wildman–Crippen LogP) is 3.15. The van der Waals surface area contributed by atoms with Crippen LogP contribution >= 0.6 is 11.3 Å². The number of nitrogens with one attached hydrogen (secondary N) is 1. The largest absolute Gasteiger partial charge is 0.494 e. The van der Waals surface area contributed by atoms with Gasteiger partial charge in [0.15, 0.2) is 0 Å². The molecule has 0 aliphatic heterocycles. The first kappa shape index (κ1) is 19.3. The molecule has 2 rings (SSSR count). The Labute approximate surface area is 151 Å². The molecule has 9 heteroatoms. The summed E-state index contributed by atoms with van der Waals surface area (Å²) in [5, 5.41) is 10.2. The number of carbonyl (C=O) groups is 1. The van der Waals surface area contributed by atoms with Crippen molar-refractivity contribution in [3.8, 4) is 5.75 Å². The molecule has 0 saturated heterocycles. The summed E-state index contributed by atoms with van der Waals surface area (Å²) in [4.78, 5) is 12.3. The average Bonchev–Trinajstić information content (AvgIpc) is 3.08. The zero-order chi connectivity index (χ0) is 18.3. The molecule has 0 spiro atoms. The molecule has 0 unspecified atom stereocenters. The molecule has 0 fully saturated rings. The number of ether oxygens (including phenoxy) is 1. The van der Waals surface area contributed by atoms with Crippen molar-refractivity contribution in [2.75, 3.05) is 17.7 Å². The second-order valence-electron chi connectivity index (χ2n) is 5.38. The summed E-state index contributed by atoms with van der Waals surface area (Å²) in [5.41, 5.74) is 0.402. The number of rotatable bonds is 9. The molecule has 25 heavy (non-hydrogen) atoms. The highest BCUT2D eigenvalue weighted by Crippen LogP contribution is 2.23. The van der Waals surface area contributed by atoms with Crippen LogP contribution in [0.4, 0.5) is 5.13 Å². The third-order valence-corrected chi connectivity index (χ3v) is 6.31. The van der Waals surface area contributed by atoms with Gasteiger partial charge in [-0.3, -0.25) is 10.1 Å². The van der Waals surface area contributed by atoms with Gasteiger partial charge in [0.1, 0.15) is 5.75 Å². The maximum atomic E-state index is 12.3. The van der Waals surface area contributed by atoms with Crippen molar-refractivity contribution in [2.45, 2.75) is 37.4 Å². The van der Waals surface area contributed by atoms with E-state index in [1.807, 2.05) is 13.8 Å². The number of hydrogen-bond donors (Lipinski definition) is 1. The molecular formula is C16H21N3O4S2. The minimum Gasteiger partial charge on any atom is -0.494 e. The van der Waals surface area contributed by atoms with Gasteiger partial charge in [-0.2, -0.15) is 0 Å². The maximum absolute atomic E-state index is 12.3. The number of anilines is 1. The maximum Gasteiger partial charge on any atom is 0.257 e. The lowest BCUT2D eigenvalue weighted by molar-refractivity contribution is 0.102. The van der Waals surface area contributed by atoms with E-state index in [9.17, 15) is 13.2 Å². The second kappa shape index (κ2) is 8.91. The van der Waals surface area contributed by atoms with Crippen molar-refractivity contribution < 1.29 is 17.9 Å². The van der Waals surface area contributed by atoms with Crippen LogP contribution in [0, 0.1) is 0 Å². The van der Waals surface area contributed by atoms with Gasteiger partial charge in [0.05, 0.1) is 12.4 Å². The summed E-state index contributed by atoms with van der Waals surface area (Å²) in [7, 11) is -3.45. The van der Waals surface area contributed by atoms with Gasteiger partial charge in [-0.15, -0.1) is 10.2 Å². The fourth-order valence-electron chi connectivity index (χ4n) is 1.92. The zero-order valence-electron chi connectivity index (χ0n) is 14.2. The van der Waals surface area contributed by atoms with Crippen LogP contribution in [-0.2, 0) is 9.84 Å². The Hall–Kier alpha value is -2.00. The van der Waals surface area contributed by atoms with Gasteiger partial charge in [0.25, 0.3) is 5.91 Å². The van der Waals surface area contributed by atoms with Crippen LogP contribution in [0.5, 0.6) is 5.75 Å². The standard InChI is InChI=1S/C16H21N3O4S2/c1-3-5-10-25(21,22)16-19-18-15(24-16)17-14(20)12-7-6-8-13(11-12)23-9-4-2/h6-8,11H,3-5,9-10H2,1-2H3,(H,17,18,20). The van der Waals surface area contributed by atoms with Crippen molar-refractivity contribution in [2.24, 2.45) is 0 Å². The lowest BCUT2D eigenvalue weighted by Crippen LogP contribution is -2.11. The molecule has 1 aromatic heterocycles. The molecule has 136 valence electrons. The Balaban J connectivity index is 2.06. The first-order chi connectivity index (χ1) is 12.0. The predicted molar refractivity (Wildman–Crippen MR) is 97.1 cm³/mol. The van der Waals surface area contributed by atoms with E-state index in [1.165, 1.54) is 0 Å². The molecule has 0 aliphatic carbocycles. The number of amides is 1. The van der Waals surface area contributed by atoms with E-state index in [2.05, 4.69) is 15.5 Å². The highest BCUT2D eigenvalue weighted by Gasteiger charge is 2.20. The van der Waals surface area contributed by atoms with Crippen LogP contribution in [0.2, 0.25) is 0 Å². The van der Waals surface area contributed by atoms with Crippen molar-refractivity contribution >= 4 is 32.2 Å². The number of sulfone groups is 1. The van der Waals surface area contributed by atoms with Crippen LogP contribution in [0.15, 0.2) is 28.6 Å². The van der Waals surface area contributed by atoms with Crippen molar-refractivity contribution in [1.29, 1.82) is 0 Å². The van der Waals surface area contributed by atoms with E-state index in [-0.39, 0.29) is 15.2 Å². The number of benzene rings is 1. The first-order valence-corrected chi connectivity index (χ1v) is 10.5. The third kappa shape index (κ3) is 5.50. The molecule has 2 aromatic rings.